The van der Waals surface area contributed by atoms with Crippen molar-refractivity contribution in [2.24, 2.45) is 5.73 Å². The zero-order chi connectivity index (χ0) is 11.7. The van der Waals surface area contributed by atoms with E-state index in [9.17, 15) is 13.2 Å². The minimum Gasteiger partial charge on any atom is -0.327 e. The molecule has 1 nitrogen and oxygen atoms in total. The van der Waals surface area contributed by atoms with Crippen LogP contribution >= 0.6 is 0 Å². The molecular weight excluding hydrogens is 215 g/mol. The van der Waals surface area contributed by atoms with Gasteiger partial charge in [-0.15, -0.1) is 0 Å². The number of rotatable bonds is 1. The molecule has 16 heavy (non-hydrogen) atoms. The van der Waals surface area contributed by atoms with E-state index in [1.54, 1.807) is 6.08 Å². The highest BCUT2D eigenvalue weighted by molar-refractivity contribution is 5.67. The fraction of sp³-hybridized carbons (Fsp3) is 0.333. The average molecular weight is 227 g/mol. The van der Waals surface area contributed by atoms with Gasteiger partial charge in [-0.05, 0) is 37.0 Å². The highest BCUT2D eigenvalue weighted by Gasteiger charge is 2.18. The van der Waals surface area contributed by atoms with Crippen LogP contribution in [0, 0.1) is 17.5 Å². The van der Waals surface area contributed by atoms with Crippen molar-refractivity contribution in [1.82, 2.24) is 0 Å². The lowest BCUT2D eigenvalue weighted by Crippen LogP contribution is -2.21. The molecule has 1 aromatic carbocycles. The smallest absolute Gasteiger partial charge is 0.195 e. The van der Waals surface area contributed by atoms with Gasteiger partial charge in [0.1, 0.15) is 0 Å². The third kappa shape index (κ3) is 1.97. The van der Waals surface area contributed by atoms with Crippen LogP contribution in [0.5, 0.6) is 0 Å². The molecule has 0 saturated carbocycles. The first-order valence-electron chi connectivity index (χ1n) is 5.18. The molecule has 0 spiro atoms. The third-order valence-corrected chi connectivity index (χ3v) is 2.83. The van der Waals surface area contributed by atoms with E-state index >= 15 is 0 Å². The molecule has 0 aromatic heterocycles. The predicted molar refractivity (Wildman–Crippen MR) is 56.1 cm³/mol. The summed E-state index contributed by atoms with van der Waals surface area (Å²) in [6, 6.07) is 2.30. The molecule has 2 N–H and O–H groups in total. The number of nitrogens with two attached hydrogens (primary N) is 1. The van der Waals surface area contributed by atoms with E-state index in [0.717, 1.165) is 12.5 Å². The number of hydrogen-bond acceptors (Lipinski definition) is 1. The lowest BCUT2D eigenvalue weighted by Gasteiger charge is -2.18. The molecule has 0 heterocycles. The molecule has 86 valence electrons. The van der Waals surface area contributed by atoms with E-state index in [1.165, 1.54) is 6.07 Å². The molecule has 1 atom stereocenters. The zero-order valence-electron chi connectivity index (χ0n) is 8.64. The Labute approximate surface area is 91.8 Å². The van der Waals surface area contributed by atoms with Crippen LogP contribution in [0.25, 0.3) is 5.57 Å². The Hall–Kier alpha value is -1.29. The Morgan fingerprint density at radius 2 is 1.88 bits per heavy atom. The van der Waals surface area contributed by atoms with Crippen molar-refractivity contribution in [1.29, 1.82) is 0 Å². The van der Waals surface area contributed by atoms with Crippen LogP contribution in [-0.4, -0.2) is 6.04 Å². The van der Waals surface area contributed by atoms with Crippen LogP contribution < -0.4 is 5.73 Å². The van der Waals surface area contributed by atoms with Crippen LogP contribution in [0.15, 0.2) is 18.2 Å². The summed E-state index contributed by atoms with van der Waals surface area (Å²) in [6.45, 7) is 0. The van der Waals surface area contributed by atoms with Crippen LogP contribution in [0.1, 0.15) is 24.8 Å². The third-order valence-electron chi connectivity index (χ3n) is 2.83. The molecule has 0 radical (unpaired) electrons. The van der Waals surface area contributed by atoms with Gasteiger partial charge in [0, 0.05) is 11.6 Å². The van der Waals surface area contributed by atoms with Crippen molar-refractivity contribution < 1.29 is 13.2 Å². The van der Waals surface area contributed by atoms with Crippen molar-refractivity contribution in [3.63, 3.8) is 0 Å². The molecule has 1 aromatic rings. The quantitative estimate of drug-likeness (QED) is 0.733. The molecule has 0 amide bonds. The molecule has 0 aliphatic heterocycles. The number of halogens is 3. The largest absolute Gasteiger partial charge is 0.327 e. The first-order chi connectivity index (χ1) is 7.59. The SMILES string of the molecule is NC1CC=C(c2ccc(F)c(F)c2F)CC1. The summed E-state index contributed by atoms with van der Waals surface area (Å²) in [5.74, 6) is -3.68. The standard InChI is InChI=1S/C12H12F3N/c13-10-6-5-9(11(14)12(10)15)7-1-3-8(16)4-2-7/h1,5-6,8H,2-4,16H2. The molecule has 4 heteroatoms. The highest BCUT2D eigenvalue weighted by atomic mass is 19.2. The summed E-state index contributed by atoms with van der Waals surface area (Å²) in [5, 5.41) is 0. The Kier molecular flexibility index (Phi) is 3.01. The number of allylic oxidation sites excluding steroid dienone is 1. The Morgan fingerprint density at radius 3 is 2.50 bits per heavy atom. The topological polar surface area (TPSA) is 26.0 Å². The summed E-state index contributed by atoms with van der Waals surface area (Å²) in [4.78, 5) is 0. The normalized spacial score (nSPS) is 20.8. The maximum atomic E-state index is 13.5. The average Bonchev–Trinajstić information content (AvgIpc) is 2.28. The first kappa shape index (κ1) is 11.2. The number of benzene rings is 1. The molecule has 1 aliphatic rings. The monoisotopic (exact) mass is 227 g/mol. The predicted octanol–water partition coefficient (Wildman–Crippen LogP) is 3.00. The van der Waals surface area contributed by atoms with Crippen molar-refractivity contribution in [2.75, 3.05) is 0 Å². The van der Waals surface area contributed by atoms with E-state index in [2.05, 4.69) is 0 Å². The van der Waals surface area contributed by atoms with Crippen molar-refractivity contribution in [2.45, 2.75) is 25.3 Å². The maximum Gasteiger partial charge on any atom is 0.195 e. The highest BCUT2D eigenvalue weighted by Crippen LogP contribution is 2.29. The molecule has 1 unspecified atom stereocenters. The summed E-state index contributed by atoms with van der Waals surface area (Å²) in [6.07, 6.45) is 3.78. The maximum absolute atomic E-state index is 13.5. The van der Waals surface area contributed by atoms with Gasteiger partial charge >= 0.3 is 0 Å². The van der Waals surface area contributed by atoms with Crippen molar-refractivity contribution in [3.05, 3.63) is 41.2 Å². The summed E-state index contributed by atoms with van der Waals surface area (Å²) in [5.41, 5.74) is 6.55. The van der Waals surface area contributed by atoms with Gasteiger partial charge in [0.15, 0.2) is 17.5 Å². The molecular formula is C12H12F3N. The van der Waals surface area contributed by atoms with E-state index < -0.39 is 17.5 Å². The van der Waals surface area contributed by atoms with Crippen LogP contribution in [0.2, 0.25) is 0 Å². The molecule has 1 aliphatic carbocycles. The second-order valence-corrected chi connectivity index (χ2v) is 3.99. The van der Waals surface area contributed by atoms with Crippen molar-refractivity contribution in [3.8, 4) is 0 Å². The Morgan fingerprint density at radius 1 is 1.12 bits per heavy atom. The van der Waals surface area contributed by atoms with Gasteiger partial charge in [0.2, 0.25) is 0 Å². The summed E-state index contributed by atoms with van der Waals surface area (Å²) < 4.78 is 39.2. The lowest BCUT2D eigenvalue weighted by molar-refractivity contribution is 0.445. The Balaban J connectivity index is 2.38. The fourth-order valence-electron chi connectivity index (χ4n) is 1.87. The zero-order valence-corrected chi connectivity index (χ0v) is 8.64. The Bertz CT molecular complexity index is 440. The van der Waals surface area contributed by atoms with E-state index in [0.29, 0.717) is 18.4 Å². The van der Waals surface area contributed by atoms with Crippen LogP contribution in [0.4, 0.5) is 13.2 Å². The van der Waals surface area contributed by atoms with E-state index in [-0.39, 0.29) is 11.6 Å². The molecule has 0 saturated heterocycles. The molecule has 0 bridgehead atoms. The van der Waals surface area contributed by atoms with Gasteiger partial charge in [-0.1, -0.05) is 6.08 Å². The minimum absolute atomic E-state index is 0.0807. The van der Waals surface area contributed by atoms with Gasteiger partial charge < -0.3 is 5.73 Å². The van der Waals surface area contributed by atoms with Gasteiger partial charge in [0.25, 0.3) is 0 Å². The van der Waals surface area contributed by atoms with Crippen molar-refractivity contribution >= 4 is 5.57 Å². The van der Waals surface area contributed by atoms with Gasteiger partial charge in [0.05, 0.1) is 0 Å². The van der Waals surface area contributed by atoms with Gasteiger partial charge in [-0.3, -0.25) is 0 Å². The second kappa shape index (κ2) is 4.29. The second-order valence-electron chi connectivity index (χ2n) is 3.99. The number of hydrogen-bond donors (Lipinski definition) is 1. The van der Waals surface area contributed by atoms with Crippen LogP contribution in [-0.2, 0) is 0 Å². The lowest BCUT2D eigenvalue weighted by atomic mass is 9.91. The summed E-state index contributed by atoms with van der Waals surface area (Å²) >= 11 is 0. The van der Waals surface area contributed by atoms with E-state index in [4.69, 9.17) is 5.73 Å². The van der Waals surface area contributed by atoms with Gasteiger partial charge in [-0.25, -0.2) is 13.2 Å². The molecule has 2 rings (SSSR count). The van der Waals surface area contributed by atoms with E-state index in [1.807, 2.05) is 0 Å². The first-order valence-corrected chi connectivity index (χ1v) is 5.18. The minimum atomic E-state index is -1.41. The fourth-order valence-corrected chi connectivity index (χ4v) is 1.87. The summed E-state index contributed by atoms with van der Waals surface area (Å²) in [7, 11) is 0. The van der Waals surface area contributed by atoms with Gasteiger partial charge in [-0.2, -0.15) is 0 Å². The molecule has 0 fully saturated rings. The van der Waals surface area contributed by atoms with Crippen LogP contribution in [0.3, 0.4) is 0 Å².